The van der Waals surface area contributed by atoms with Gasteiger partial charge in [0.2, 0.25) is 0 Å². The highest BCUT2D eigenvalue weighted by molar-refractivity contribution is 5.56. The zero-order valence-electron chi connectivity index (χ0n) is 11.8. The lowest BCUT2D eigenvalue weighted by Gasteiger charge is -2.14. The largest absolute Gasteiger partial charge is 0.495 e. The molecule has 0 bridgehead atoms. The number of nitrogens with one attached hydrogen (secondary N) is 1. The van der Waals surface area contributed by atoms with Gasteiger partial charge in [-0.3, -0.25) is 4.98 Å². The number of aromatic nitrogens is 1. The molecule has 0 amide bonds. The standard InChI is InChI=1S/C15H18N2O3/c1-18-13-7-5-4-6-11(13)17-10-12-15(20-3)14(19-2)8-9-16-12/h4-9,17H,10H2,1-3H3. The fraction of sp³-hybridized carbons (Fsp3) is 0.267. The minimum absolute atomic E-state index is 0.515. The van der Waals surface area contributed by atoms with Crippen LogP contribution in [0.4, 0.5) is 5.69 Å². The van der Waals surface area contributed by atoms with Crippen molar-refractivity contribution < 1.29 is 14.2 Å². The lowest BCUT2D eigenvalue weighted by atomic mass is 10.2. The molecule has 0 saturated heterocycles. The van der Waals surface area contributed by atoms with Crippen molar-refractivity contribution in [3.05, 3.63) is 42.2 Å². The number of pyridine rings is 1. The number of para-hydroxylation sites is 2. The summed E-state index contributed by atoms with van der Waals surface area (Å²) in [5.41, 5.74) is 1.68. The molecule has 0 saturated carbocycles. The van der Waals surface area contributed by atoms with E-state index < -0.39 is 0 Å². The fourth-order valence-electron chi connectivity index (χ4n) is 1.95. The van der Waals surface area contributed by atoms with Crippen LogP contribution in [0.1, 0.15) is 5.69 Å². The first-order chi connectivity index (χ1) is 9.80. The van der Waals surface area contributed by atoms with Crippen LogP contribution >= 0.6 is 0 Å². The predicted molar refractivity (Wildman–Crippen MR) is 77.7 cm³/mol. The smallest absolute Gasteiger partial charge is 0.184 e. The summed E-state index contributed by atoms with van der Waals surface area (Å²) < 4.78 is 15.9. The van der Waals surface area contributed by atoms with Gasteiger partial charge < -0.3 is 19.5 Å². The van der Waals surface area contributed by atoms with E-state index in [-0.39, 0.29) is 0 Å². The monoisotopic (exact) mass is 274 g/mol. The summed E-state index contributed by atoms with van der Waals surface area (Å²) >= 11 is 0. The van der Waals surface area contributed by atoms with Crippen LogP contribution in [-0.2, 0) is 6.54 Å². The number of hydrogen-bond donors (Lipinski definition) is 1. The van der Waals surface area contributed by atoms with E-state index in [1.807, 2.05) is 24.3 Å². The van der Waals surface area contributed by atoms with Gasteiger partial charge in [-0.05, 0) is 12.1 Å². The van der Waals surface area contributed by atoms with Crippen LogP contribution in [0.2, 0.25) is 0 Å². The Morgan fingerprint density at radius 3 is 2.40 bits per heavy atom. The number of rotatable bonds is 6. The van der Waals surface area contributed by atoms with Crippen molar-refractivity contribution in [3.63, 3.8) is 0 Å². The Labute approximate surface area is 118 Å². The third-order valence-corrected chi connectivity index (χ3v) is 2.92. The molecule has 2 aromatic rings. The Hall–Kier alpha value is -2.43. The van der Waals surface area contributed by atoms with Gasteiger partial charge in [-0.15, -0.1) is 0 Å². The molecule has 0 spiro atoms. The molecule has 1 aromatic heterocycles. The summed E-state index contributed by atoms with van der Waals surface area (Å²) in [5.74, 6) is 2.09. The van der Waals surface area contributed by atoms with E-state index >= 15 is 0 Å². The molecule has 0 radical (unpaired) electrons. The van der Waals surface area contributed by atoms with E-state index in [0.29, 0.717) is 18.0 Å². The zero-order valence-corrected chi connectivity index (χ0v) is 11.8. The molecule has 5 heteroatoms. The van der Waals surface area contributed by atoms with Crippen LogP contribution < -0.4 is 19.5 Å². The third-order valence-electron chi connectivity index (χ3n) is 2.92. The summed E-state index contributed by atoms with van der Waals surface area (Å²) in [6, 6.07) is 9.49. The van der Waals surface area contributed by atoms with Gasteiger partial charge >= 0.3 is 0 Å². The SMILES string of the molecule is COc1ccccc1NCc1nccc(OC)c1OC. The summed E-state index contributed by atoms with van der Waals surface area (Å²) in [7, 11) is 4.85. The molecular formula is C15H18N2O3. The van der Waals surface area contributed by atoms with E-state index in [2.05, 4.69) is 10.3 Å². The normalized spacial score (nSPS) is 9.95. The third kappa shape index (κ3) is 2.93. The number of anilines is 1. The van der Waals surface area contributed by atoms with Crippen LogP contribution in [0.3, 0.4) is 0 Å². The van der Waals surface area contributed by atoms with Gasteiger partial charge in [-0.1, -0.05) is 12.1 Å². The van der Waals surface area contributed by atoms with Gasteiger partial charge in [0.15, 0.2) is 11.5 Å². The molecule has 106 valence electrons. The topological polar surface area (TPSA) is 52.6 Å². The summed E-state index contributed by atoms with van der Waals surface area (Å²) in [6.07, 6.45) is 1.70. The molecule has 0 aliphatic carbocycles. The second-order valence-electron chi connectivity index (χ2n) is 4.05. The lowest BCUT2D eigenvalue weighted by molar-refractivity contribution is 0.350. The van der Waals surface area contributed by atoms with Crippen molar-refractivity contribution >= 4 is 5.69 Å². The van der Waals surface area contributed by atoms with Crippen molar-refractivity contribution in [1.82, 2.24) is 4.98 Å². The van der Waals surface area contributed by atoms with Gasteiger partial charge in [0.25, 0.3) is 0 Å². The first-order valence-electron chi connectivity index (χ1n) is 6.23. The summed E-state index contributed by atoms with van der Waals surface area (Å²) in [4.78, 5) is 4.32. The Bertz CT molecular complexity index is 573. The molecule has 0 atom stereocenters. The van der Waals surface area contributed by atoms with Gasteiger partial charge in [-0.2, -0.15) is 0 Å². The summed E-state index contributed by atoms with van der Waals surface area (Å²) in [5, 5.41) is 3.28. The molecule has 1 aromatic carbocycles. The van der Waals surface area contributed by atoms with Gasteiger partial charge in [0.05, 0.1) is 33.6 Å². The number of methoxy groups -OCH3 is 3. The molecule has 1 heterocycles. The second kappa shape index (κ2) is 6.65. The van der Waals surface area contributed by atoms with E-state index in [0.717, 1.165) is 17.1 Å². The highest BCUT2D eigenvalue weighted by Crippen LogP contribution is 2.30. The molecule has 0 fully saturated rings. The Morgan fingerprint density at radius 2 is 1.70 bits per heavy atom. The molecule has 0 aliphatic heterocycles. The number of ether oxygens (including phenoxy) is 3. The molecular weight excluding hydrogens is 256 g/mol. The van der Waals surface area contributed by atoms with E-state index in [4.69, 9.17) is 14.2 Å². The summed E-state index contributed by atoms with van der Waals surface area (Å²) in [6.45, 7) is 0.515. The van der Waals surface area contributed by atoms with Gasteiger partial charge in [0.1, 0.15) is 11.4 Å². The second-order valence-corrected chi connectivity index (χ2v) is 4.05. The first-order valence-corrected chi connectivity index (χ1v) is 6.23. The molecule has 20 heavy (non-hydrogen) atoms. The first kappa shape index (κ1) is 14.0. The van der Waals surface area contributed by atoms with Gasteiger partial charge in [0, 0.05) is 12.3 Å². The molecule has 0 unspecified atom stereocenters. The average Bonchev–Trinajstić information content (AvgIpc) is 2.52. The van der Waals surface area contributed by atoms with Crippen LogP contribution in [0.15, 0.2) is 36.5 Å². The number of nitrogens with zero attached hydrogens (tertiary/aromatic N) is 1. The minimum atomic E-state index is 0.515. The van der Waals surface area contributed by atoms with Crippen molar-refractivity contribution in [2.75, 3.05) is 26.6 Å². The molecule has 5 nitrogen and oxygen atoms in total. The fourth-order valence-corrected chi connectivity index (χ4v) is 1.95. The molecule has 0 aliphatic rings. The predicted octanol–water partition coefficient (Wildman–Crippen LogP) is 2.72. The maximum absolute atomic E-state index is 5.35. The average molecular weight is 274 g/mol. The van der Waals surface area contributed by atoms with Crippen molar-refractivity contribution in [3.8, 4) is 17.2 Å². The lowest BCUT2D eigenvalue weighted by Crippen LogP contribution is -2.06. The van der Waals surface area contributed by atoms with Crippen LogP contribution in [0, 0.1) is 0 Å². The zero-order chi connectivity index (χ0) is 14.4. The number of hydrogen-bond acceptors (Lipinski definition) is 5. The van der Waals surface area contributed by atoms with E-state index in [1.54, 1.807) is 33.6 Å². The van der Waals surface area contributed by atoms with Crippen LogP contribution in [0.5, 0.6) is 17.2 Å². The Morgan fingerprint density at radius 1 is 0.950 bits per heavy atom. The minimum Gasteiger partial charge on any atom is -0.495 e. The highest BCUT2D eigenvalue weighted by Gasteiger charge is 2.11. The quantitative estimate of drug-likeness (QED) is 0.877. The van der Waals surface area contributed by atoms with Crippen molar-refractivity contribution in [2.45, 2.75) is 6.54 Å². The maximum atomic E-state index is 5.35. The highest BCUT2D eigenvalue weighted by atomic mass is 16.5. The number of benzene rings is 1. The van der Waals surface area contributed by atoms with E-state index in [9.17, 15) is 0 Å². The van der Waals surface area contributed by atoms with E-state index in [1.165, 1.54) is 0 Å². The van der Waals surface area contributed by atoms with Crippen molar-refractivity contribution in [1.29, 1.82) is 0 Å². The van der Waals surface area contributed by atoms with Crippen molar-refractivity contribution in [2.24, 2.45) is 0 Å². The van der Waals surface area contributed by atoms with Crippen LogP contribution in [-0.4, -0.2) is 26.3 Å². The van der Waals surface area contributed by atoms with Gasteiger partial charge in [-0.25, -0.2) is 0 Å². The molecule has 1 N–H and O–H groups in total. The Kier molecular flexibility index (Phi) is 4.65. The molecule has 2 rings (SSSR count). The maximum Gasteiger partial charge on any atom is 0.184 e. The van der Waals surface area contributed by atoms with Crippen LogP contribution in [0.25, 0.3) is 0 Å². The Balaban J connectivity index is 2.19.